The summed E-state index contributed by atoms with van der Waals surface area (Å²) in [5, 5.41) is 0. The molecule has 5 heteroatoms. The highest BCUT2D eigenvalue weighted by molar-refractivity contribution is 7.98. The van der Waals surface area contributed by atoms with Crippen LogP contribution in [0.5, 0.6) is 0 Å². The predicted molar refractivity (Wildman–Crippen MR) is 65.5 cm³/mol. The number of ether oxygens (including phenoxy) is 2. The molecule has 0 saturated carbocycles. The van der Waals surface area contributed by atoms with E-state index in [1.807, 2.05) is 6.26 Å². The highest BCUT2D eigenvalue weighted by atomic mass is 32.2. The first-order valence-electron chi connectivity index (χ1n) is 5.07. The summed E-state index contributed by atoms with van der Waals surface area (Å²) in [7, 11) is 1.32. The summed E-state index contributed by atoms with van der Waals surface area (Å²) in [5.74, 6) is -0.802. The molecular weight excluding hydrogens is 240 g/mol. The van der Waals surface area contributed by atoms with E-state index in [0.29, 0.717) is 22.6 Å². The van der Waals surface area contributed by atoms with Crippen molar-refractivity contribution in [2.75, 3.05) is 20.0 Å². The summed E-state index contributed by atoms with van der Waals surface area (Å²) in [6, 6.07) is 4.76. The molecule has 0 spiro atoms. The minimum Gasteiger partial charge on any atom is -0.465 e. The number of esters is 2. The van der Waals surface area contributed by atoms with Crippen molar-refractivity contribution in [3.63, 3.8) is 0 Å². The third-order valence-electron chi connectivity index (χ3n) is 2.12. The lowest BCUT2D eigenvalue weighted by Gasteiger charge is -2.08. The second-order valence-electron chi connectivity index (χ2n) is 3.13. The molecule has 0 N–H and O–H groups in total. The number of benzene rings is 1. The topological polar surface area (TPSA) is 52.6 Å². The molecule has 0 radical (unpaired) electrons. The van der Waals surface area contributed by atoms with E-state index in [2.05, 4.69) is 4.74 Å². The molecular formula is C12H14O4S. The molecule has 17 heavy (non-hydrogen) atoms. The maximum atomic E-state index is 11.6. The van der Waals surface area contributed by atoms with Crippen LogP contribution in [0.1, 0.15) is 27.6 Å². The fraction of sp³-hybridized carbons (Fsp3) is 0.333. The molecule has 92 valence electrons. The Kier molecular flexibility index (Phi) is 5.03. The van der Waals surface area contributed by atoms with E-state index in [-0.39, 0.29) is 5.97 Å². The minimum atomic E-state index is -0.421. The molecule has 0 atom stereocenters. The zero-order valence-corrected chi connectivity index (χ0v) is 10.8. The van der Waals surface area contributed by atoms with Gasteiger partial charge in [0.15, 0.2) is 0 Å². The molecule has 0 fully saturated rings. The number of hydrogen-bond acceptors (Lipinski definition) is 5. The maximum Gasteiger partial charge on any atom is 0.339 e. The Bertz CT molecular complexity index is 429. The number of carbonyl (C=O) groups is 2. The van der Waals surface area contributed by atoms with Crippen LogP contribution in [0.25, 0.3) is 0 Å². The summed E-state index contributed by atoms with van der Waals surface area (Å²) in [6.45, 7) is 2.07. The van der Waals surface area contributed by atoms with Crippen LogP contribution in [0.2, 0.25) is 0 Å². The van der Waals surface area contributed by atoms with Crippen LogP contribution in [-0.2, 0) is 9.47 Å². The van der Waals surface area contributed by atoms with Crippen molar-refractivity contribution in [3.8, 4) is 0 Å². The highest BCUT2D eigenvalue weighted by Gasteiger charge is 2.15. The molecule has 0 unspecified atom stereocenters. The van der Waals surface area contributed by atoms with Gasteiger partial charge in [0.1, 0.15) is 0 Å². The van der Waals surface area contributed by atoms with Crippen LogP contribution in [0, 0.1) is 0 Å². The summed E-state index contributed by atoms with van der Waals surface area (Å²) in [5.41, 5.74) is 0.886. The molecule has 0 saturated heterocycles. The quantitative estimate of drug-likeness (QED) is 0.610. The Morgan fingerprint density at radius 2 is 2.00 bits per heavy atom. The molecule has 0 bridgehead atoms. The van der Waals surface area contributed by atoms with Crippen LogP contribution in [0.15, 0.2) is 23.1 Å². The molecule has 4 nitrogen and oxygen atoms in total. The Morgan fingerprint density at radius 3 is 2.53 bits per heavy atom. The number of hydrogen-bond donors (Lipinski definition) is 0. The van der Waals surface area contributed by atoms with Crippen LogP contribution >= 0.6 is 11.8 Å². The zero-order chi connectivity index (χ0) is 12.8. The molecule has 0 aliphatic rings. The average molecular weight is 254 g/mol. The summed E-state index contributed by atoms with van der Waals surface area (Å²) in [6.07, 6.45) is 1.83. The monoisotopic (exact) mass is 254 g/mol. The van der Waals surface area contributed by atoms with Gasteiger partial charge in [-0.3, -0.25) is 0 Å². The Hall–Kier alpha value is -1.49. The number of rotatable bonds is 4. The Labute approximate surface area is 104 Å². The second kappa shape index (κ2) is 6.30. The third-order valence-corrected chi connectivity index (χ3v) is 2.90. The molecule has 0 aliphatic heterocycles. The van der Waals surface area contributed by atoms with Gasteiger partial charge in [0.05, 0.1) is 24.8 Å². The summed E-state index contributed by atoms with van der Waals surface area (Å²) >= 11 is 1.38. The van der Waals surface area contributed by atoms with Crippen molar-refractivity contribution in [1.29, 1.82) is 0 Å². The SMILES string of the molecule is CCOC(=O)c1ccc(C(=O)OC)cc1SC. The van der Waals surface area contributed by atoms with Gasteiger partial charge in [0, 0.05) is 4.90 Å². The van der Waals surface area contributed by atoms with Crippen LogP contribution < -0.4 is 0 Å². The van der Waals surface area contributed by atoms with Gasteiger partial charge in [-0.1, -0.05) is 0 Å². The van der Waals surface area contributed by atoms with Crippen molar-refractivity contribution in [3.05, 3.63) is 29.3 Å². The molecule has 0 amide bonds. The fourth-order valence-corrected chi connectivity index (χ4v) is 1.93. The first-order valence-corrected chi connectivity index (χ1v) is 6.30. The van der Waals surface area contributed by atoms with E-state index < -0.39 is 5.97 Å². The number of methoxy groups -OCH3 is 1. The zero-order valence-electron chi connectivity index (χ0n) is 9.98. The van der Waals surface area contributed by atoms with Crippen molar-refractivity contribution < 1.29 is 19.1 Å². The van der Waals surface area contributed by atoms with E-state index in [1.165, 1.54) is 18.9 Å². The molecule has 1 aromatic carbocycles. The van der Waals surface area contributed by atoms with Crippen LogP contribution in [-0.4, -0.2) is 31.9 Å². The van der Waals surface area contributed by atoms with Gasteiger partial charge >= 0.3 is 11.9 Å². The molecule has 0 aromatic heterocycles. The summed E-state index contributed by atoms with van der Waals surface area (Å²) < 4.78 is 9.55. The van der Waals surface area contributed by atoms with Gasteiger partial charge in [-0.25, -0.2) is 9.59 Å². The van der Waals surface area contributed by atoms with E-state index in [1.54, 1.807) is 25.1 Å². The van der Waals surface area contributed by atoms with Gasteiger partial charge in [-0.2, -0.15) is 0 Å². The lowest BCUT2D eigenvalue weighted by Crippen LogP contribution is -2.08. The van der Waals surface area contributed by atoms with Crippen molar-refractivity contribution in [2.24, 2.45) is 0 Å². The molecule has 1 rings (SSSR count). The van der Waals surface area contributed by atoms with Gasteiger partial charge in [-0.15, -0.1) is 11.8 Å². The first-order chi connectivity index (χ1) is 8.13. The fourth-order valence-electron chi connectivity index (χ4n) is 1.31. The maximum absolute atomic E-state index is 11.6. The Morgan fingerprint density at radius 1 is 1.29 bits per heavy atom. The molecule has 0 heterocycles. The van der Waals surface area contributed by atoms with Crippen molar-refractivity contribution >= 4 is 23.7 Å². The van der Waals surface area contributed by atoms with Gasteiger partial charge in [-0.05, 0) is 31.4 Å². The van der Waals surface area contributed by atoms with Crippen molar-refractivity contribution in [1.82, 2.24) is 0 Å². The summed E-state index contributed by atoms with van der Waals surface area (Å²) in [4.78, 5) is 23.7. The third kappa shape index (κ3) is 3.23. The minimum absolute atomic E-state index is 0.325. The Balaban J connectivity index is 3.09. The van der Waals surface area contributed by atoms with E-state index >= 15 is 0 Å². The van der Waals surface area contributed by atoms with Crippen LogP contribution in [0.4, 0.5) is 0 Å². The normalized spacial score (nSPS) is 9.82. The van der Waals surface area contributed by atoms with Crippen LogP contribution in [0.3, 0.4) is 0 Å². The van der Waals surface area contributed by atoms with E-state index in [9.17, 15) is 9.59 Å². The first kappa shape index (κ1) is 13.6. The van der Waals surface area contributed by atoms with Gasteiger partial charge in [0.25, 0.3) is 0 Å². The highest BCUT2D eigenvalue weighted by Crippen LogP contribution is 2.23. The second-order valence-corrected chi connectivity index (χ2v) is 3.98. The molecule has 1 aromatic rings. The lowest BCUT2D eigenvalue weighted by molar-refractivity contribution is 0.0519. The standard InChI is InChI=1S/C12H14O4S/c1-4-16-12(14)9-6-5-8(11(13)15-2)7-10(9)17-3/h5-7H,4H2,1-3H3. The van der Waals surface area contributed by atoms with E-state index in [0.717, 1.165) is 0 Å². The largest absolute Gasteiger partial charge is 0.465 e. The van der Waals surface area contributed by atoms with Crippen molar-refractivity contribution in [2.45, 2.75) is 11.8 Å². The smallest absolute Gasteiger partial charge is 0.339 e. The predicted octanol–water partition coefficient (Wildman–Crippen LogP) is 2.37. The number of thioether (sulfide) groups is 1. The number of carbonyl (C=O) groups excluding carboxylic acids is 2. The average Bonchev–Trinajstić information content (AvgIpc) is 2.37. The van der Waals surface area contributed by atoms with E-state index in [4.69, 9.17) is 4.74 Å². The molecule has 0 aliphatic carbocycles. The lowest BCUT2D eigenvalue weighted by atomic mass is 10.1. The van der Waals surface area contributed by atoms with Gasteiger partial charge < -0.3 is 9.47 Å². The van der Waals surface area contributed by atoms with Gasteiger partial charge in [0.2, 0.25) is 0 Å².